The molecule has 2 aromatic heterocycles. The van der Waals surface area contributed by atoms with E-state index in [0.717, 1.165) is 33.7 Å². The normalized spacial score (nSPS) is 10.8. The van der Waals surface area contributed by atoms with Crippen LogP contribution >= 0.6 is 0 Å². The Labute approximate surface area is 134 Å². The van der Waals surface area contributed by atoms with Gasteiger partial charge in [0.05, 0.1) is 7.11 Å². The Morgan fingerprint density at radius 1 is 0.870 bits per heavy atom. The lowest BCUT2D eigenvalue weighted by Crippen LogP contribution is -2.00. The number of aromatic nitrogens is 3. The van der Waals surface area contributed by atoms with Crippen LogP contribution in [0.25, 0.3) is 28.0 Å². The second-order valence-corrected chi connectivity index (χ2v) is 5.17. The van der Waals surface area contributed by atoms with Gasteiger partial charge in [-0.1, -0.05) is 42.5 Å². The molecule has 0 amide bonds. The molecule has 4 aromatic rings. The van der Waals surface area contributed by atoms with E-state index in [2.05, 4.69) is 17.1 Å². The summed E-state index contributed by atoms with van der Waals surface area (Å²) >= 11 is 0. The lowest BCUT2D eigenvalue weighted by molar-refractivity contribution is 0.412. The van der Waals surface area contributed by atoms with Crippen molar-refractivity contribution >= 4 is 11.0 Å². The van der Waals surface area contributed by atoms with Crippen LogP contribution in [0.2, 0.25) is 0 Å². The first kappa shape index (κ1) is 13.5. The zero-order chi connectivity index (χ0) is 15.6. The maximum absolute atomic E-state index is 5.48. The Hall–Kier alpha value is -3.14. The number of para-hydroxylation sites is 2. The van der Waals surface area contributed by atoms with E-state index in [-0.39, 0.29) is 0 Å². The number of fused-ring (bicyclic) bond motifs is 1. The standard InChI is InChI=1S/C19H15N3O/c1-23-17-12-6-5-11-16(17)22-19-15(10-7-13-20-19)18(21-22)14-8-3-2-4-9-14/h2-13H,1H3. The predicted molar refractivity (Wildman–Crippen MR) is 90.9 cm³/mol. The van der Waals surface area contributed by atoms with Gasteiger partial charge in [0, 0.05) is 17.1 Å². The molecule has 0 atom stereocenters. The summed E-state index contributed by atoms with van der Waals surface area (Å²) in [4.78, 5) is 4.52. The highest BCUT2D eigenvalue weighted by molar-refractivity contribution is 5.92. The number of hydrogen-bond acceptors (Lipinski definition) is 3. The van der Waals surface area contributed by atoms with Gasteiger partial charge in [-0.3, -0.25) is 0 Å². The molecule has 0 bridgehead atoms. The SMILES string of the molecule is COc1ccccc1-n1nc(-c2ccccc2)c2cccnc21. The van der Waals surface area contributed by atoms with Gasteiger partial charge in [0.2, 0.25) is 0 Å². The minimum absolute atomic E-state index is 0.766. The zero-order valence-electron chi connectivity index (χ0n) is 12.7. The number of ether oxygens (including phenoxy) is 1. The van der Waals surface area contributed by atoms with E-state index in [0.29, 0.717) is 0 Å². The van der Waals surface area contributed by atoms with Gasteiger partial charge in [0.1, 0.15) is 17.1 Å². The number of pyridine rings is 1. The third-order valence-electron chi connectivity index (χ3n) is 3.80. The van der Waals surface area contributed by atoms with Gasteiger partial charge in [-0.15, -0.1) is 0 Å². The van der Waals surface area contributed by atoms with Crippen molar-refractivity contribution in [2.75, 3.05) is 7.11 Å². The molecule has 0 spiro atoms. The molecule has 0 radical (unpaired) electrons. The Bertz CT molecular complexity index is 961. The van der Waals surface area contributed by atoms with Crippen molar-refractivity contribution in [2.24, 2.45) is 0 Å². The second-order valence-electron chi connectivity index (χ2n) is 5.17. The number of hydrogen-bond donors (Lipinski definition) is 0. The van der Waals surface area contributed by atoms with Crippen LogP contribution in [0.4, 0.5) is 0 Å². The third-order valence-corrected chi connectivity index (χ3v) is 3.80. The summed E-state index contributed by atoms with van der Waals surface area (Å²) in [5, 5.41) is 5.83. The van der Waals surface area contributed by atoms with Crippen LogP contribution in [0.15, 0.2) is 72.9 Å². The number of benzene rings is 2. The van der Waals surface area contributed by atoms with Crippen molar-refractivity contribution < 1.29 is 4.74 Å². The lowest BCUT2D eigenvalue weighted by Gasteiger charge is -2.08. The molecular formula is C19H15N3O. The van der Waals surface area contributed by atoms with Crippen LogP contribution in [-0.2, 0) is 0 Å². The van der Waals surface area contributed by atoms with Crippen LogP contribution in [-0.4, -0.2) is 21.9 Å². The van der Waals surface area contributed by atoms with Crippen LogP contribution in [0.5, 0.6) is 5.75 Å². The number of methoxy groups -OCH3 is 1. The second kappa shape index (κ2) is 5.57. The van der Waals surface area contributed by atoms with E-state index in [4.69, 9.17) is 9.84 Å². The lowest BCUT2D eigenvalue weighted by atomic mass is 10.1. The van der Waals surface area contributed by atoms with Gasteiger partial charge >= 0.3 is 0 Å². The molecule has 4 heteroatoms. The maximum atomic E-state index is 5.48. The summed E-state index contributed by atoms with van der Waals surface area (Å²) in [7, 11) is 1.66. The van der Waals surface area contributed by atoms with Crippen LogP contribution < -0.4 is 4.74 Å². The van der Waals surface area contributed by atoms with Crippen LogP contribution in [0.1, 0.15) is 0 Å². The quantitative estimate of drug-likeness (QED) is 0.572. The Morgan fingerprint density at radius 2 is 1.65 bits per heavy atom. The molecule has 0 N–H and O–H groups in total. The fourth-order valence-corrected chi connectivity index (χ4v) is 2.73. The topological polar surface area (TPSA) is 39.9 Å². The van der Waals surface area contributed by atoms with Crippen molar-refractivity contribution in [3.8, 4) is 22.7 Å². The van der Waals surface area contributed by atoms with Crippen LogP contribution in [0.3, 0.4) is 0 Å². The molecule has 0 fully saturated rings. The number of nitrogens with zero attached hydrogens (tertiary/aromatic N) is 3. The van der Waals surface area contributed by atoms with Crippen molar-refractivity contribution in [3.63, 3.8) is 0 Å². The molecule has 2 aromatic carbocycles. The van der Waals surface area contributed by atoms with E-state index in [1.54, 1.807) is 13.3 Å². The molecule has 0 unspecified atom stereocenters. The molecule has 0 aliphatic carbocycles. The van der Waals surface area contributed by atoms with E-state index in [9.17, 15) is 0 Å². The van der Waals surface area contributed by atoms with Gasteiger partial charge in [-0.05, 0) is 24.3 Å². The summed E-state index contributed by atoms with van der Waals surface area (Å²) in [5.41, 5.74) is 3.68. The van der Waals surface area contributed by atoms with Crippen molar-refractivity contribution in [3.05, 3.63) is 72.9 Å². The Balaban J connectivity index is 2.02. The predicted octanol–water partition coefficient (Wildman–Crippen LogP) is 4.10. The molecule has 0 aliphatic rings. The maximum Gasteiger partial charge on any atom is 0.163 e. The molecule has 0 aliphatic heterocycles. The average molecular weight is 301 g/mol. The minimum atomic E-state index is 0.766. The highest BCUT2D eigenvalue weighted by Crippen LogP contribution is 2.31. The van der Waals surface area contributed by atoms with E-state index < -0.39 is 0 Å². The van der Waals surface area contributed by atoms with Gasteiger partial charge in [-0.25, -0.2) is 9.67 Å². The zero-order valence-corrected chi connectivity index (χ0v) is 12.7. The summed E-state index contributed by atoms with van der Waals surface area (Å²) in [6.45, 7) is 0. The average Bonchev–Trinajstić information content (AvgIpc) is 3.02. The third kappa shape index (κ3) is 2.25. The molecule has 0 saturated heterocycles. The molecule has 23 heavy (non-hydrogen) atoms. The van der Waals surface area contributed by atoms with Crippen LogP contribution in [0, 0.1) is 0 Å². The van der Waals surface area contributed by atoms with E-state index in [1.807, 2.05) is 59.3 Å². The first-order valence-corrected chi connectivity index (χ1v) is 7.41. The minimum Gasteiger partial charge on any atom is -0.494 e. The van der Waals surface area contributed by atoms with Gasteiger partial charge < -0.3 is 4.74 Å². The first-order chi connectivity index (χ1) is 11.4. The smallest absolute Gasteiger partial charge is 0.163 e. The fourth-order valence-electron chi connectivity index (χ4n) is 2.73. The van der Waals surface area contributed by atoms with E-state index >= 15 is 0 Å². The first-order valence-electron chi connectivity index (χ1n) is 7.41. The summed E-state index contributed by atoms with van der Waals surface area (Å²) in [5.74, 6) is 0.766. The molecule has 112 valence electrons. The number of rotatable bonds is 3. The summed E-state index contributed by atoms with van der Waals surface area (Å²) in [6, 6.07) is 21.9. The van der Waals surface area contributed by atoms with Gasteiger partial charge in [-0.2, -0.15) is 5.10 Å². The highest BCUT2D eigenvalue weighted by atomic mass is 16.5. The van der Waals surface area contributed by atoms with Crippen molar-refractivity contribution in [2.45, 2.75) is 0 Å². The van der Waals surface area contributed by atoms with Crippen molar-refractivity contribution in [1.82, 2.24) is 14.8 Å². The van der Waals surface area contributed by atoms with Gasteiger partial charge in [0.15, 0.2) is 5.65 Å². The fraction of sp³-hybridized carbons (Fsp3) is 0.0526. The summed E-state index contributed by atoms with van der Waals surface area (Å²) < 4.78 is 7.32. The monoisotopic (exact) mass is 301 g/mol. The molecule has 4 rings (SSSR count). The molecule has 4 nitrogen and oxygen atoms in total. The summed E-state index contributed by atoms with van der Waals surface area (Å²) in [6.07, 6.45) is 1.78. The molecule has 2 heterocycles. The highest BCUT2D eigenvalue weighted by Gasteiger charge is 2.16. The Kier molecular flexibility index (Phi) is 3.27. The molecular weight excluding hydrogens is 286 g/mol. The molecule has 0 saturated carbocycles. The van der Waals surface area contributed by atoms with Crippen molar-refractivity contribution in [1.29, 1.82) is 0 Å². The van der Waals surface area contributed by atoms with E-state index in [1.165, 1.54) is 0 Å². The largest absolute Gasteiger partial charge is 0.494 e. The Morgan fingerprint density at radius 3 is 2.48 bits per heavy atom. The van der Waals surface area contributed by atoms with Gasteiger partial charge in [0.25, 0.3) is 0 Å².